The Morgan fingerprint density at radius 3 is 2.55 bits per heavy atom. The summed E-state index contributed by atoms with van der Waals surface area (Å²) in [7, 11) is 0. The van der Waals surface area contributed by atoms with E-state index in [1.807, 2.05) is 24.3 Å². The zero-order chi connectivity index (χ0) is 27.6. The number of hydrogen-bond donors (Lipinski definition) is 1. The number of furan rings is 1. The maximum Gasteiger partial charge on any atom is 0.252 e. The average molecular weight is 545 g/mol. The van der Waals surface area contributed by atoms with Crippen LogP contribution in [-0.2, 0) is 19.6 Å². The maximum atomic E-state index is 13.7. The minimum atomic E-state index is -0.307. The van der Waals surface area contributed by atoms with Crippen molar-refractivity contribution in [2.45, 2.75) is 39.5 Å². The van der Waals surface area contributed by atoms with Gasteiger partial charge in [0.15, 0.2) is 17.3 Å². The molecular formula is C29H29FN6O4. The molecule has 0 spiro atoms. The lowest BCUT2D eigenvalue weighted by atomic mass is 9.99. The quantitative estimate of drug-likeness (QED) is 0.290. The van der Waals surface area contributed by atoms with E-state index in [0.717, 1.165) is 16.7 Å². The molecule has 3 aromatic heterocycles. The minimum absolute atomic E-state index is 0.0684. The van der Waals surface area contributed by atoms with E-state index in [2.05, 4.69) is 39.3 Å². The Balaban J connectivity index is 1.39. The number of hydrogen-bond acceptors (Lipinski definition) is 8. The van der Waals surface area contributed by atoms with Crippen molar-refractivity contribution in [3.05, 3.63) is 99.7 Å². The van der Waals surface area contributed by atoms with Crippen molar-refractivity contribution in [3.8, 4) is 11.5 Å². The zero-order valence-electron chi connectivity index (χ0n) is 22.2. The van der Waals surface area contributed by atoms with Crippen molar-refractivity contribution in [3.63, 3.8) is 0 Å². The molecule has 4 heterocycles. The zero-order valence-corrected chi connectivity index (χ0v) is 22.2. The minimum Gasteiger partial charge on any atom is -0.486 e. The normalized spacial score (nSPS) is 13.8. The summed E-state index contributed by atoms with van der Waals surface area (Å²) in [6, 6.07) is 15.4. The number of aromatic amines is 1. The number of benzene rings is 2. The van der Waals surface area contributed by atoms with Gasteiger partial charge in [0.05, 0.1) is 17.8 Å². The first kappa shape index (κ1) is 25.8. The highest BCUT2D eigenvalue weighted by atomic mass is 19.1. The first-order valence-corrected chi connectivity index (χ1v) is 13.2. The van der Waals surface area contributed by atoms with E-state index < -0.39 is 0 Å². The molecule has 1 N–H and O–H groups in total. The number of halogens is 1. The monoisotopic (exact) mass is 544 g/mol. The molecule has 1 atom stereocenters. The molecule has 0 unspecified atom stereocenters. The second-order valence-electron chi connectivity index (χ2n) is 10.2. The number of rotatable bonds is 9. The molecule has 6 rings (SSSR count). The Kier molecular flexibility index (Phi) is 7.04. The van der Waals surface area contributed by atoms with E-state index in [1.165, 1.54) is 12.1 Å². The second-order valence-corrected chi connectivity index (χ2v) is 10.2. The molecule has 1 aliphatic heterocycles. The third-order valence-corrected chi connectivity index (χ3v) is 6.99. The third kappa shape index (κ3) is 5.32. The molecule has 206 valence electrons. The van der Waals surface area contributed by atoms with Gasteiger partial charge in [0.25, 0.3) is 5.56 Å². The summed E-state index contributed by atoms with van der Waals surface area (Å²) < 4.78 is 32.4. The lowest BCUT2D eigenvalue weighted by molar-refractivity contribution is 0.125. The third-order valence-electron chi connectivity index (χ3n) is 6.99. The van der Waals surface area contributed by atoms with E-state index in [-0.39, 0.29) is 23.3 Å². The molecule has 1 aliphatic rings. The lowest BCUT2D eigenvalue weighted by Gasteiger charge is -2.33. The van der Waals surface area contributed by atoms with Gasteiger partial charge in [0.1, 0.15) is 31.3 Å². The topological polar surface area (TPSA) is 111 Å². The van der Waals surface area contributed by atoms with Gasteiger partial charge >= 0.3 is 0 Å². The molecule has 40 heavy (non-hydrogen) atoms. The summed E-state index contributed by atoms with van der Waals surface area (Å²) >= 11 is 0. The van der Waals surface area contributed by atoms with Gasteiger partial charge in [-0.3, -0.25) is 9.69 Å². The number of pyridine rings is 1. The second kappa shape index (κ2) is 10.9. The molecule has 0 aliphatic carbocycles. The molecule has 0 bridgehead atoms. The van der Waals surface area contributed by atoms with Crippen LogP contribution in [0.3, 0.4) is 0 Å². The molecule has 5 aromatic rings. The molecule has 0 radical (unpaired) electrons. The van der Waals surface area contributed by atoms with Crippen LogP contribution in [0.1, 0.15) is 42.6 Å². The van der Waals surface area contributed by atoms with Crippen molar-refractivity contribution < 1.29 is 18.3 Å². The fraction of sp³-hybridized carbons (Fsp3) is 0.310. The molecule has 11 heteroatoms. The van der Waals surface area contributed by atoms with Crippen LogP contribution >= 0.6 is 0 Å². The maximum absolute atomic E-state index is 13.7. The lowest BCUT2D eigenvalue weighted by Crippen LogP contribution is -2.35. The van der Waals surface area contributed by atoms with Crippen LogP contribution in [0, 0.1) is 11.7 Å². The van der Waals surface area contributed by atoms with Gasteiger partial charge in [0.2, 0.25) is 0 Å². The van der Waals surface area contributed by atoms with E-state index in [0.29, 0.717) is 61.3 Å². The van der Waals surface area contributed by atoms with E-state index in [4.69, 9.17) is 13.9 Å². The Hall–Kier alpha value is -4.51. The highest BCUT2D eigenvalue weighted by Crippen LogP contribution is 2.35. The first-order chi connectivity index (χ1) is 19.4. The Morgan fingerprint density at radius 2 is 1.82 bits per heavy atom. The Bertz CT molecular complexity index is 1660. The number of nitrogens with one attached hydrogen (secondary N) is 1. The molecule has 0 fully saturated rings. The predicted molar refractivity (Wildman–Crippen MR) is 144 cm³/mol. The van der Waals surface area contributed by atoms with Crippen LogP contribution < -0.4 is 15.0 Å². The molecule has 0 amide bonds. The summed E-state index contributed by atoms with van der Waals surface area (Å²) in [6.07, 6.45) is 1.61. The van der Waals surface area contributed by atoms with Crippen LogP contribution in [0.15, 0.2) is 70.1 Å². The van der Waals surface area contributed by atoms with Crippen molar-refractivity contribution in [2.24, 2.45) is 5.92 Å². The van der Waals surface area contributed by atoms with Gasteiger partial charge < -0.3 is 18.9 Å². The first-order valence-electron chi connectivity index (χ1n) is 13.2. The van der Waals surface area contributed by atoms with Crippen molar-refractivity contribution in [1.29, 1.82) is 0 Å². The summed E-state index contributed by atoms with van der Waals surface area (Å²) in [5, 5.41) is 13.4. The van der Waals surface area contributed by atoms with Gasteiger partial charge in [-0.2, -0.15) is 0 Å². The summed E-state index contributed by atoms with van der Waals surface area (Å²) in [5.41, 5.74) is 1.94. The van der Waals surface area contributed by atoms with Crippen LogP contribution in [-0.4, -0.2) is 43.3 Å². The molecule has 0 saturated heterocycles. The van der Waals surface area contributed by atoms with E-state index in [1.54, 1.807) is 29.1 Å². The van der Waals surface area contributed by atoms with Crippen LogP contribution in [0.2, 0.25) is 0 Å². The van der Waals surface area contributed by atoms with Crippen LogP contribution in [0.25, 0.3) is 10.9 Å². The SMILES string of the molecule is CC(C)[C@H](c1nnnn1Cc1ccco1)N(Cc1ccc(F)cc1)Cc1cc2cc3c(cc2[nH]c1=O)OCCO3. The smallest absolute Gasteiger partial charge is 0.252 e. The molecule has 2 aromatic carbocycles. The van der Waals surface area contributed by atoms with Gasteiger partial charge in [0, 0.05) is 30.1 Å². The summed E-state index contributed by atoms with van der Waals surface area (Å²) in [5.74, 6) is 2.39. The van der Waals surface area contributed by atoms with Gasteiger partial charge in [-0.25, -0.2) is 9.07 Å². The number of ether oxygens (including phenoxy) is 2. The van der Waals surface area contributed by atoms with Gasteiger partial charge in [-0.15, -0.1) is 5.10 Å². The van der Waals surface area contributed by atoms with Gasteiger partial charge in [-0.1, -0.05) is 26.0 Å². The molecular weight excluding hydrogens is 515 g/mol. The molecule has 0 saturated carbocycles. The standard InChI is InChI=1S/C29H29FN6O4/c1-18(2)27(28-32-33-34-36(28)17-23-4-3-9-38-23)35(15-19-5-7-22(30)8-6-19)16-21-12-20-13-25-26(40-11-10-39-25)14-24(20)31-29(21)37/h3-9,12-14,18,27H,10-11,15-17H2,1-2H3,(H,31,37)/t27-/m1/s1. The number of tetrazole rings is 1. The van der Waals surface area contributed by atoms with Crippen molar-refractivity contribution in [2.75, 3.05) is 13.2 Å². The summed E-state index contributed by atoms with van der Waals surface area (Å²) in [4.78, 5) is 18.5. The van der Waals surface area contributed by atoms with E-state index >= 15 is 0 Å². The highest BCUT2D eigenvalue weighted by molar-refractivity contribution is 5.83. The van der Waals surface area contributed by atoms with Gasteiger partial charge in [-0.05, 0) is 58.3 Å². The largest absolute Gasteiger partial charge is 0.486 e. The highest BCUT2D eigenvalue weighted by Gasteiger charge is 2.30. The van der Waals surface area contributed by atoms with E-state index in [9.17, 15) is 9.18 Å². The van der Waals surface area contributed by atoms with Crippen LogP contribution in [0.4, 0.5) is 4.39 Å². The van der Waals surface area contributed by atoms with Crippen molar-refractivity contribution in [1.82, 2.24) is 30.1 Å². The van der Waals surface area contributed by atoms with Crippen LogP contribution in [0.5, 0.6) is 11.5 Å². The molecule has 10 nitrogen and oxygen atoms in total. The fourth-order valence-corrected chi connectivity index (χ4v) is 5.17. The fourth-order valence-electron chi connectivity index (χ4n) is 5.17. The Labute approximate surface area is 229 Å². The predicted octanol–water partition coefficient (Wildman–Crippen LogP) is 4.47. The number of fused-ring (bicyclic) bond motifs is 2. The number of H-pyrrole nitrogens is 1. The number of nitrogens with zero attached hydrogens (tertiary/aromatic N) is 5. The number of aromatic nitrogens is 5. The Morgan fingerprint density at radius 1 is 1.05 bits per heavy atom. The van der Waals surface area contributed by atoms with Crippen molar-refractivity contribution >= 4 is 10.9 Å². The average Bonchev–Trinajstić information content (AvgIpc) is 3.62. The summed E-state index contributed by atoms with van der Waals surface area (Å²) in [6.45, 7) is 6.22.